The Morgan fingerprint density at radius 1 is 1.24 bits per heavy atom. The molecule has 0 spiro atoms. The van der Waals surface area contributed by atoms with E-state index < -0.39 is 46.9 Å². The molecule has 0 radical (unpaired) electrons. The van der Waals surface area contributed by atoms with Crippen molar-refractivity contribution in [3.05, 3.63) is 23.9 Å². The highest BCUT2D eigenvalue weighted by atomic mass is 16.5. The van der Waals surface area contributed by atoms with Crippen LogP contribution in [0.15, 0.2) is 23.9 Å². The van der Waals surface area contributed by atoms with Gasteiger partial charge in [0.2, 0.25) is 0 Å². The van der Waals surface area contributed by atoms with Crippen LogP contribution in [0.25, 0.3) is 0 Å². The van der Waals surface area contributed by atoms with Crippen LogP contribution in [0.3, 0.4) is 0 Å². The molecule has 3 aliphatic rings. The second-order valence-corrected chi connectivity index (χ2v) is 11.8. The quantitative estimate of drug-likeness (QED) is 0.230. The van der Waals surface area contributed by atoms with Gasteiger partial charge in [-0.15, -0.1) is 0 Å². The summed E-state index contributed by atoms with van der Waals surface area (Å²) in [5, 5.41) is 42.4. The van der Waals surface area contributed by atoms with Crippen LogP contribution >= 0.6 is 0 Å². The van der Waals surface area contributed by atoms with Gasteiger partial charge >= 0.3 is 17.9 Å². The summed E-state index contributed by atoms with van der Waals surface area (Å²) in [6.45, 7) is 10.8. The van der Waals surface area contributed by atoms with Crippen molar-refractivity contribution in [2.75, 3.05) is 26.3 Å². The molecule has 2 fully saturated rings. The number of dihydropyridines is 1. The Balaban J connectivity index is 1.79. The first-order valence-corrected chi connectivity index (χ1v) is 13.1. The number of aliphatic carboxylic acids is 3. The molecule has 5 N–H and O–H groups in total. The maximum atomic E-state index is 12.2. The van der Waals surface area contributed by atoms with Crippen LogP contribution in [0.5, 0.6) is 0 Å². The largest absolute Gasteiger partial charge is 0.481 e. The van der Waals surface area contributed by atoms with E-state index >= 15 is 0 Å². The average Bonchev–Trinajstić information content (AvgIpc) is 3.53. The van der Waals surface area contributed by atoms with Crippen molar-refractivity contribution in [3.8, 4) is 0 Å². The number of nitrogens with one attached hydrogen (secondary N) is 1. The zero-order chi connectivity index (χ0) is 27.6. The summed E-state index contributed by atoms with van der Waals surface area (Å²) in [7, 11) is 0. The van der Waals surface area contributed by atoms with Crippen molar-refractivity contribution < 1.29 is 39.5 Å². The Morgan fingerprint density at radius 2 is 1.92 bits per heavy atom. The molecule has 1 saturated heterocycles. The normalized spacial score (nSPS) is 28.7. The third-order valence-corrected chi connectivity index (χ3v) is 8.59. The Hall–Kier alpha value is -2.43. The van der Waals surface area contributed by atoms with Gasteiger partial charge in [-0.05, 0) is 65.0 Å². The first-order chi connectivity index (χ1) is 17.2. The number of carbonyl (C=O) groups is 3. The molecule has 10 nitrogen and oxygen atoms in total. The van der Waals surface area contributed by atoms with Gasteiger partial charge in [0.25, 0.3) is 0 Å². The second-order valence-electron chi connectivity index (χ2n) is 11.8. The third kappa shape index (κ3) is 6.18. The van der Waals surface area contributed by atoms with E-state index in [2.05, 4.69) is 24.1 Å². The number of hydrogen-bond donors (Lipinski definition) is 5. The summed E-state index contributed by atoms with van der Waals surface area (Å²) in [5.41, 5.74) is -4.00. The van der Waals surface area contributed by atoms with Crippen molar-refractivity contribution >= 4 is 17.9 Å². The monoisotopic (exact) mass is 522 g/mol. The number of hydrogen-bond acceptors (Lipinski definition) is 7. The highest BCUT2D eigenvalue weighted by Gasteiger charge is 2.58. The molecule has 37 heavy (non-hydrogen) atoms. The molecule has 0 amide bonds. The van der Waals surface area contributed by atoms with Crippen LogP contribution < -0.4 is 5.32 Å². The molecule has 0 aromatic carbocycles. The van der Waals surface area contributed by atoms with E-state index in [4.69, 9.17) is 9.84 Å². The van der Waals surface area contributed by atoms with Crippen LogP contribution in [0.1, 0.15) is 66.2 Å². The zero-order valence-electron chi connectivity index (χ0n) is 22.3. The predicted molar refractivity (Wildman–Crippen MR) is 136 cm³/mol. The van der Waals surface area contributed by atoms with Crippen molar-refractivity contribution in [2.24, 2.45) is 17.3 Å². The lowest BCUT2D eigenvalue weighted by Gasteiger charge is -2.44. The summed E-state index contributed by atoms with van der Waals surface area (Å²) in [5.74, 6) is -6.23. The molecule has 10 heteroatoms. The minimum absolute atomic E-state index is 0.0972. The van der Waals surface area contributed by atoms with Crippen LogP contribution in [0, 0.1) is 17.3 Å². The number of carboxylic acids is 3. The molecule has 1 saturated carbocycles. The van der Waals surface area contributed by atoms with Gasteiger partial charge in [0.1, 0.15) is 5.92 Å². The molecular weight excluding hydrogens is 480 g/mol. The maximum Gasteiger partial charge on any atom is 0.337 e. The van der Waals surface area contributed by atoms with Gasteiger partial charge in [0.15, 0.2) is 5.60 Å². The fourth-order valence-corrected chi connectivity index (χ4v) is 5.87. The summed E-state index contributed by atoms with van der Waals surface area (Å²) >= 11 is 0. The number of nitrogens with zero attached hydrogens (tertiary/aromatic N) is 1. The maximum absolute atomic E-state index is 12.2. The van der Waals surface area contributed by atoms with Gasteiger partial charge in [0, 0.05) is 30.3 Å². The number of rotatable bonds is 14. The Morgan fingerprint density at radius 3 is 2.41 bits per heavy atom. The van der Waals surface area contributed by atoms with E-state index in [1.807, 2.05) is 6.92 Å². The minimum Gasteiger partial charge on any atom is -0.481 e. The van der Waals surface area contributed by atoms with Crippen LogP contribution in [0.4, 0.5) is 0 Å². The molecule has 0 bridgehead atoms. The topological polar surface area (TPSA) is 157 Å². The van der Waals surface area contributed by atoms with E-state index in [1.165, 1.54) is 32.3 Å². The zero-order valence-corrected chi connectivity index (χ0v) is 22.3. The van der Waals surface area contributed by atoms with Crippen LogP contribution in [-0.4, -0.2) is 86.2 Å². The highest BCUT2D eigenvalue weighted by molar-refractivity contribution is 5.90. The Labute approximate surface area is 218 Å². The molecule has 208 valence electrons. The molecule has 1 aliphatic carbocycles. The van der Waals surface area contributed by atoms with Gasteiger partial charge in [-0.2, -0.15) is 0 Å². The summed E-state index contributed by atoms with van der Waals surface area (Å²) in [6.07, 6.45) is 9.72. The minimum atomic E-state index is -3.01. The van der Waals surface area contributed by atoms with E-state index in [9.17, 15) is 29.7 Å². The number of likely N-dealkylation sites (tertiary alicyclic amines) is 1. The lowest BCUT2D eigenvalue weighted by atomic mass is 9.70. The smallest absolute Gasteiger partial charge is 0.337 e. The van der Waals surface area contributed by atoms with Crippen molar-refractivity contribution in [3.63, 3.8) is 0 Å². The molecule has 3 unspecified atom stereocenters. The van der Waals surface area contributed by atoms with E-state index in [1.54, 1.807) is 12.3 Å². The fourth-order valence-electron chi connectivity index (χ4n) is 5.87. The molecule has 3 rings (SSSR count). The average molecular weight is 523 g/mol. The molecule has 4 atom stereocenters. The molecule has 2 aliphatic heterocycles. The van der Waals surface area contributed by atoms with Crippen molar-refractivity contribution in [1.82, 2.24) is 10.2 Å². The predicted octanol–water partition coefficient (Wildman–Crippen LogP) is 2.48. The lowest BCUT2D eigenvalue weighted by Crippen LogP contribution is -2.63. The molecule has 0 aromatic heterocycles. The SMILES string of the molecule is CCOCC1(CCC2CC2)CCN(C(C)(C)C2=CN[C@](C)(C(C(=O)O)C(O)(CC(=O)O)C(=O)O)C=C2)C1. The summed E-state index contributed by atoms with van der Waals surface area (Å²) in [6, 6.07) is 0. The Kier molecular flexibility index (Phi) is 8.46. The summed E-state index contributed by atoms with van der Waals surface area (Å²) in [4.78, 5) is 37.7. The fraction of sp³-hybridized carbons (Fsp3) is 0.741. The molecule has 2 heterocycles. The van der Waals surface area contributed by atoms with E-state index in [0.29, 0.717) is 6.61 Å². The molecule has 0 aromatic rings. The van der Waals surface area contributed by atoms with Crippen molar-refractivity contribution in [2.45, 2.75) is 82.9 Å². The first-order valence-electron chi connectivity index (χ1n) is 13.1. The van der Waals surface area contributed by atoms with Crippen LogP contribution in [-0.2, 0) is 19.1 Å². The van der Waals surface area contributed by atoms with Crippen molar-refractivity contribution in [1.29, 1.82) is 0 Å². The highest BCUT2D eigenvalue weighted by Crippen LogP contribution is 2.45. The van der Waals surface area contributed by atoms with Crippen LogP contribution in [0.2, 0.25) is 0 Å². The second kappa shape index (κ2) is 10.7. The summed E-state index contributed by atoms with van der Waals surface area (Å²) < 4.78 is 5.90. The van der Waals surface area contributed by atoms with Gasteiger partial charge in [-0.3, -0.25) is 14.5 Å². The third-order valence-electron chi connectivity index (χ3n) is 8.59. The van der Waals surface area contributed by atoms with Gasteiger partial charge in [-0.25, -0.2) is 4.79 Å². The van der Waals surface area contributed by atoms with E-state index in [-0.39, 0.29) is 5.41 Å². The van der Waals surface area contributed by atoms with E-state index in [0.717, 1.165) is 44.0 Å². The van der Waals surface area contributed by atoms with Gasteiger partial charge < -0.3 is 30.5 Å². The number of aliphatic hydroxyl groups is 1. The number of carboxylic acid groups (broad SMARTS) is 3. The Bertz CT molecular complexity index is 958. The molecular formula is C27H42N2O8. The standard InChI is InChI=1S/C27H42N2O8/c1-5-37-17-26(11-8-18-6-7-18)12-13-29(16-26)24(2,3)19-9-10-25(4,28-15-19)21(22(32)33)27(36,23(34)35)14-20(30)31/h9-10,15,18,21,28,36H,5-8,11-14,16-17H2,1-4H3,(H,30,31)(H,32,33)(H,34,35)/t21?,25-,26?,27?/m0/s1. The lowest BCUT2D eigenvalue weighted by molar-refractivity contribution is -0.182. The van der Waals surface area contributed by atoms with Gasteiger partial charge in [0.05, 0.1) is 18.6 Å². The van der Waals surface area contributed by atoms with Gasteiger partial charge in [-0.1, -0.05) is 25.0 Å². The number of ether oxygens (including phenoxy) is 1. The first kappa shape index (κ1) is 29.1.